The molecule has 4 nitrogen and oxygen atoms in total. The van der Waals surface area contributed by atoms with E-state index in [2.05, 4.69) is 13.8 Å². The molecule has 0 aromatic heterocycles. The Kier molecular flexibility index (Phi) is 10.6. The number of esters is 2. The minimum absolute atomic E-state index is 0.106. The Balaban J connectivity index is 2.68. The van der Waals surface area contributed by atoms with Crippen molar-refractivity contribution in [2.45, 2.75) is 78.2 Å². The van der Waals surface area contributed by atoms with Gasteiger partial charge in [-0.2, -0.15) is 0 Å². The van der Waals surface area contributed by atoms with Gasteiger partial charge in [0.15, 0.2) is 0 Å². The normalized spacial score (nSPS) is 11.8. The number of benzene rings is 1. The summed E-state index contributed by atoms with van der Waals surface area (Å²) >= 11 is 0. The Morgan fingerprint density at radius 3 is 2.12 bits per heavy atom. The Labute approximate surface area is 151 Å². The van der Waals surface area contributed by atoms with Gasteiger partial charge in [-0.1, -0.05) is 65.0 Å². The number of rotatable bonds is 12. The molecule has 0 N–H and O–H groups in total. The number of hydrogen-bond acceptors (Lipinski definition) is 4. The average Bonchev–Trinajstić information content (AvgIpc) is 2.64. The van der Waals surface area contributed by atoms with E-state index in [1.807, 2.05) is 6.92 Å². The quantitative estimate of drug-likeness (QED) is 0.367. The van der Waals surface area contributed by atoms with Crippen molar-refractivity contribution in [2.75, 3.05) is 6.61 Å². The molecule has 0 bridgehead atoms. The summed E-state index contributed by atoms with van der Waals surface area (Å²) in [7, 11) is 0. The summed E-state index contributed by atoms with van der Waals surface area (Å²) < 4.78 is 10.9. The van der Waals surface area contributed by atoms with Crippen molar-refractivity contribution in [2.24, 2.45) is 0 Å². The molecule has 0 saturated carbocycles. The van der Waals surface area contributed by atoms with Gasteiger partial charge < -0.3 is 9.47 Å². The summed E-state index contributed by atoms with van der Waals surface area (Å²) in [6.07, 6.45) is 7.77. The second kappa shape index (κ2) is 12.5. The van der Waals surface area contributed by atoms with Crippen LogP contribution in [-0.2, 0) is 9.47 Å². The van der Waals surface area contributed by atoms with E-state index in [-0.39, 0.29) is 17.2 Å². The molecule has 0 radical (unpaired) electrons. The zero-order valence-corrected chi connectivity index (χ0v) is 15.9. The van der Waals surface area contributed by atoms with Crippen molar-refractivity contribution in [3.63, 3.8) is 0 Å². The first-order chi connectivity index (χ1) is 12.1. The van der Waals surface area contributed by atoms with Gasteiger partial charge in [0, 0.05) is 0 Å². The number of hydrogen-bond donors (Lipinski definition) is 0. The van der Waals surface area contributed by atoms with Crippen LogP contribution in [-0.4, -0.2) is 24.6 Å². The summed E-state index contributed by atoms with van der Waals surface area (Å²) in [5, 5.41) is 0. The van der Waals surface area contributed by atoms with E-state index in [1.54, 1.807) is 24.3 Å². The molecule has 1 rings (SSSR count). The van der Waals surface area contributed by atoms with E-state index in [9.17, 15) is 9.59 Å². The third-order valence-electron chi connectivity index (χ3n) is 4.21. The van der Waals surface area contributed by atoms with Gasteiger partial charge in [0.25, 0.3) is 0 Å². The topological polar surface area (TPSA) is 52.6 Å². The van der Waals surface area contributed by atoms with Crippen molar-refractivity contribution in [1.29, 1.82) is 0 Å². The van der Waals surface area contributed by atoms with E-state index in [1.165, 1.54) is 0 Å². The van der Waals surface area contributed by atoms with Crippen LogP contribution < -0.4 is 0 Å². The maximum Gasteiger partial charge on any atom is 0.339 e. The molecule has 0 aliphatic carbocycles. The van der Waals surface area contributed by atoms with Crippen LogP contribution in [0, 0.1) is 0 Å². The highest BCUT2D eigenvalue weighted by molar-refractivity contribution is 6.03. The highest BCUT2D eigenvalue weighted by atomic mass is 16.5. The molecule has 0 spiro atoms. The fraction of sp³-hybridized carbons (Fsp3) is 0.619. The molecule has 0 aliphatic heterocycles. The van der Waals surface area contributed by atoms with Gasteiger partial charge in [0.1, 0.15) is 6.10 Å². The second-order valence-corrected chi connectivity index (χ2v) is 6.32. The first kappa shape index (κ1) is 21.2. The molecule has 140 valence electrons. The van der Waals surface area contributed by atoms with Gasteiger partial charge in [0.2, 0.25) is 0 Å². The Morgan fingerprint density at radius 1 is 0.880 bits per heavy atom. The van der Waals surface area contributed by atoms with E-state index >= 15 is 0 Å². The fourth-order valence-corrected chi connectivity index (χ4v) is 2.60. The Bertz CT molecular complexity index is 524. The molecular weight excluding hydrogens is 316 g/mol. The predicted octanol–water partition coefficient (Wildman–Crippen LogP) is 5.55. The van der Waals surface area contributed by atoms with E-state index in [0.29, 0.717) is 6.61 Å². The van der Waals surface area contributed by atoms with Crippen molar-refractivity contribution in [3.8, 4) is 0 Å². The summed E-state index contributed by atoms with van der Waals surface area (Å²) in [6, 6.07) is 6.72. The van der Waals surface area contributed by atoms with Crippen molar-refractivity contribution in [3.05, 3.63) is 35.4 Å². The van der Waals surface area contributed by atoms with Crippen molar-refractivity contribution in [1.82, 2.24) is 0 Å². The van der Waals surface area contributed by atoms with Crippen LogP contribution in [0.1, 0.15) is 92.9 Å². The van der Waals surface area contributed by atoms with Gasteiger partial charge >= 0.3 is 11.9 Å². The van der Waals surface area contributed by atoms with Gasteiger partial charge in [-0.3, -0.25) is 0 Å². The smallest absolute Gasteiger partial charge is 0.339 e. The van der Waals surface area contributed by atoms with Crippen molar-refractivity contribution < 1.29 is 19.1 Å². The first-order valence-electron chi connectivity index (χ1n) is 9.61. The minimum Gasteiger partial charge on any atom is -0.462 e. The zero-order chi connectivity index (χ0) is 18.5. The molecule has 0 amide bonds. The van der Waals surface area contributed by atoms with Gasteiger partial charge in [0.05, 0.1) is 17.7 Å². The van der Waals surface area contributed by atoms with Crippen LogP contribution in [0.25, 0.3) is 0 Å². The van der Waals surface area contributed by atoms with E-state index < -0.39 is 11.9 Å². The van der Waals surface area contributed by atoms with Crippen LogP contribution in [0.15, 0.2) is 24.3 Å². The third kappa shape index (κ3) is 7.72. The lowest BCUT2D eigenvalue weighted by Crippen LogP contribution is -2.20. The molecule has 1 aromatic carbocycles. The molecule has 0 heterocycles. The van der Waals surface area contributed by atoms with Gasteiger partial charge in [-0.15, -0.1) is 0 Å². The summed E-state index contributed by atoms with van der Waals surface area (Å²) in [4.78, 5) is 24.8. The van der Waals surface area contributed by atoms with Crippen LogP contribution in [0.4, 0.5) is 0 Å². The number of unbranched alkanes of at least 4 members (excludes halogenated alkanes) is 4. The molecule has 0 aliphatic rings. The number of ether oxygens (including phenoxy) is 2. The molecule has 1 aromatic rings. The number of carbonyl (C=O) groups is 2. The minimum atomic E-state index is -0.453. The average molecular weight is 348 g/mol. The van der Waals surface area contributed by atoms with Gasteiger partial charge in [-0.05, 0) is 31.4 Å². The molecule has 25 heavy (non-hydrogen) atoms. The lowest BCUT2D eigenvalue weighted by molar-refractivity contribution is 0.0258. The maximum atomic E-state index is 12.5. The lowest BCUT2D eigenvalue weighted by Gasteiger charge is -2.17. The third-order valence-corrected chi connectivity index (χ3v) is 4.21. The van der Waals surface area contributed by atoms with Crippen LogP contribution in [0.2, 0.25) is 0 Å². The Hall–Kier alpha value is -1.84. The zero-order valence-electron chi connectivity index (χ0n) is 15.9. The SMILES string of the molecule is CCCCCCOC(=O)c1ccccc1C(=O)OC(CC)CCCC. The van der Waals surface area contributed by atoms with Crippen LogP contribution in [0.3, 0.4) is 0 Å². The molecule has 1 atom stereocenters. The molecule has 0 saturated heterocycles. The number of carbonyl (C=O) groups excluding carboxylic acids is 2. The maximum absolute atomic E-state index is 12.5. The van der Waals surface area contributed by atoms with Crippen LogP contribution >= 0.6 is 0 Å². The summed E-state index contributed by atoms with van der Waals surface area (Å²) in [6.45, 7) is 6.64. The standard InChI is InChI=1S/C21H32O4/c1-4-7-9-12-16-24-20(22)18-14-10-11-15-19(18)21(23)25-17(6-3)13-8-5-2/h10-11,14-15,17H,4-9,12-13,16H2,1-3H3. The fourth-order valence-electron chi connectivity index (χ4n) is 2.60. The molecule has 1 unspecified atom stereocenters. The molecular formula is C21H32O4. The van der Waals surface area contributed by atoms with E-state index in [0.717, 1.165) is 51.4 Å². The van der Waals surface area contributed by atoms with Crippen LogP contribution in [0.5, 0.6) is 0 Å². The molecule has 4 heteroatoms. The Morgan fingerprint density at radius 2 is 1.52 bits per heavy atom. The molecule has 0 fully saturated rings. The highest BCUT2D eigenvalue weighted by Gasteiger charge is 2.21. The lowest BCUT2D eigenvalue weighted by atomic mass is 10.1. The predicted molar refractivity (Wildman–Crippen MR) is 99.9 cm³/mol. The second-order valence-electron chi connectivity index (χ2n) is 6.32. The monoisotopic (exact) mass is 348 g/mol. The largest absolute Gasteiger partial charge is 0.462 e. The summed E-state index contributed by atoms with van der Waals surface area (Å²) in [5.41, 5.74) is 0.573. The van der Waals surface area contributed by atoms with Gasteiger partial charge in [-0.25, -0.2) is 9.59 Å². The van der Waals surface area contributed by atoms with Crippen molar-refractivity contribution >= 4 is 11.9 Å². The highest BCUT2D eigenvalue weighted by Crippen LogP contribution is 2.16. The summed E-state index contributed by atoms with van der Waals surface area (Å²) in [5.74, 6) is -0.896. The van der Waals surface area contributed by atoms with E-state index in [4.69, 9.17) is 9.47 Å². The first-order valence-corrected chi connectivity index (χ1v) is 9.61.